The van der Waals surface area contributed by atoms with Gasteiger partial charge in [-0.3, -0.25) is 0 Å². The molecule has 0 bridgehead atoms. The second kappa shape index (κ2) is 6.78. The van der Waals surface area contributed by atoms with E-state index >= 15 is 0 Å². The molecule has 0 aliphatic heterocycles. The van der Waals surface area contributed by atoms with Crippen LogP contribution in [0.2, 0.25) is 0 Å². The summed E-state index contributed by atoms with van der Waals surface area (Å²) in [6.07, 6.45) is 0.627. The molecule has 112 valence electrons. The van der Waals surface area contributed by atoms with Crippen LogP contribution in [-0.4, -0.2) is 24.7 Å². The topological polar surface area (TPSA) is 76.4 Å². The fourth-order valence-corrected chi connectivity index (χ4v) is 2.01. The SMILES string of the molecule is COc1ccccc1NC(=O)NCCc1nc(C)oc1C. The molecule has 0 saturated heterocycles. The average Bonchev–Trinajstić information content (AvgIpc) is 2.77. The maximum atomic E-state index is 11.8. The third kappa shape index (κ3) is 3.98. The van der Waals surface area contributed by atoms with Gasteiger partial charge < -0.3 is 19.8 Å². The van der Waals surface area contributed by atoms with Crippen LogP contribution in [-0.2, 0) is 6.42 Å². The molecular formula is C15H19N3O3. The normalized spacial score (nSPS) is 10.2. The maximum absolute atomic E-state index is 11.8. The van der Waals surface area contributed by atoms with Crippen molar-refractivity contribution in [3.8, 4) is 5.75 Å². The number of aromatic nitrogens is 1. The van der Waals surface area contributed by atoms with E-state index in [0.717, 1.165) is 11.5 Å². The summed E-state index contributed by atoms with van der Waals surface area (Å²) in [5, 5.41) is 5.53. The first-order valence-corrected chi connectivity index (χ1v) is 6.71. The molecule has 0 aliphatic carbocycles. The largest absolute Gasteiger partial charge is 0.495 e. The Morgan fingerprint density at radius 1 is 1.33 bits per heavy atom. The Morgan fingerprint density at radius 2 is 2.10 bits per heavy atom. The van der Waals surface area contributed by atoms with Crippen LogP contribution in [0.15, 0.2) is 28.7 Å². The fourth-order valence-electron chi connectivity index (χ4n) is 2.01. The number of carbonyl (C=O) groups is 1. The number of methoxy groups -OCH3 is 1. The summed E-state index contributed by atoms with van der Waals surface area (Å²) in [5.41, 5.74) is 1.50. The molecule has 2 N–H and O–H groups in total. The lowest BCUT2D eigenvalue weighted by Crippen LogP contribution is -2.30. The van der Waals surface area contributed by atoms with E-state index in [9.17, 15) is 4.79 Å². The lowest BCUT2D eigenvalue weighted by molar-refractivity contribution is 0.252. The van der Waals surface area contributed by atoms with Gasteiger partial charge in [-0.25, -0.2) is 9.78 Å². The zero-order valence-electron chi connectivity index (χ0n) is 12.4. The zero-order chi connectivity index (χ0) is 15.2. The van der Waals surface area contributed by atoms with E-state index in [0.29, 0.717) is 30.3 Å². The van der Waals surface area contributed by atoms with Gasteiger partial charge in [0.15, 0.2) is 5.89 Å². The summed E-state index contributed by atoms with van der Waals surface area (Å²) in [6, 6.07) is 6.97. The molecule has 0 aliphatic rings. The number of anilines is 1. The molecule has 2 amide bonds. The van der Waals surface area contributed by atoms with Gasteiger partial charge in [0.1, 0.15) is 11.5 Å². The van der Waals surface area contributed by atoms with Gasteiger partial charge in [0.2, 0.25) is 0 Å². The molecule has 21 heavy (non-hydrogen) atoms. The van der Waals surface area contributed by atoms with Crippen LogP contribution in [0, 0.1) is 13.8 Å². The molecule has 6 nitrogen and oxygen atoms in total. The number of aryl methyl sites for hydroxylation is 2. The summed E-state index contributed by atoms with van der Waals surface area (Å²) >= 11 is 0. The minimum atomic E-state index is -0.280. The number of para-hydroxylation sites is 2. The van der Waals surface area contributed by atoms with Crippen LogP contribution in [0.5, 0.6) is 5.75 Å². The highest BCUT2D eigenvalue weighted by atomic mass is 16.5. The van der Waals surface area contributed by atoms with Crippen molar-refractivity contribution >= 4 is 11.7 Å². The molecule has 1 aromatic carbocycles. The number of nitrogens with one attached hydrogen (secondary N) is 2. The van der Waals surface area contributed by atoms with E-state index in [4.69, 9.17) is 9.15 Å². The van der Waals surface area contributed by atoms with Crippen molar-refractivity contribution in [3.05, 3.63) is 41.6 Å². The zero-order valence-corrected chi connectivity index (χ0v) is 12.4. The van der Waals surface area contributed by atoms with Crippen LogP contribution in [0.3, 0.4) is 0 Å². The van der Waals surface area contributed by atoms with Crippen molar-refractivity contribution in [2.45, 2.75) is 20.3 Å². The first-order valence-electron chi connectivity index (χ1n) is 6.71. The fraction of sp³-hybridized carbons (Fsp3) is 0.333. The van der Waals surface area contributed by atoms with E-state index in [1.54, 1.807) is 26.2 Å². The molecule has 0 radical (unpaired) electrons. The summed E-state index contributed by atoms with van der Waals surface area (Å²) in [7, 11) is 1.56. The third-order valence-corrected chi connectivity index (χ3v) is 3.00. The lowest BCUT2D eigenvalue weighted by Gasteiger charge is -2.10. The predicted molar refractivity (Wildman–Crippen MR) is 79.7 cm³/mol. The van der Waals surface area contributed by atoms with Gasteiger partial charge in [-0.2, -0.15) is 0 Å². The van der Waals surface area contributed by atoms with Crippen molar-refractivity contribution < 1.29 is 13.9 Å². The Hall–Kier alpha value is -2.50. The molecule has 0 spiro atoms. The number of amides is 2. The van der Waals surface area contributed by atoms with Gasteiger partial charge in [0.25, 0.3) is 0 Å². The molecule has 0 saturated carbocycles. The summed E-state index contributed by atoms with van der Waals surface area (Å²) in [5.74, 6) is 2.05. The first-order chi connectivity index (χ1) is 10.1. The third-order valence-electron chi connectivity index (χ3n) is 3.00. The Labute approximate surface area is 123 Å². The van der Waals surface area contributed by atoms with Crippen molar-refractivity contribution in [2.75, 3.05) is 19.0 Å². The predicted octanol–water partition coefficient (Wildman–Crippen LogP) is 2.66. The lowest BCUT2D eigenvalue weighted by atomic mass is 10.2. The maximum Gasteiger partial charge on any atom is 0.319 e. The summed E-state index contributed by atoms with van der Waals surface area (Å²) in [6.45, 7) is 4.15. The standard InChI is InChI=1S/C15H19N3O3/c1-10-12(17-11(2)21-10)8-9-16-15(19)18-13-6-4-5-7-14(13)20-3/h4-7H,8-9H2,1-3H3,(H2,16,18,19). The number of nitrogens with zero attached hydrogens (tertiary/aromatic N) is 1. The minimum absolute atomic E-state index is 0.280. The van der Waals surface area contributed by atoms with Crippen molar-refractivity contribution in [3.63, 3.8) is 0 Å². The second-order valence-corrected chi connectivity index (χ2v) is 4.57. The minimum Gasteiger partial charge on any atom is -0.495 e. The Bertz CT molecular complexity index is 622. The number of rotatable bonds is 5. The number of ether oxygens (including phenoxy) is 1. The van der Waals surface area contributed by atoms with Crippen LogP contribution in [0.25, 0.3) is 0 Å². The van der Waals surface area contributed by atoms with Crippen molar-refractivity contribution in [1.29, 1.82) is 0 Å². The molecule has 0 unspecified atom stereocenters. The molecule has 2 rings (SSSR count). The highest BCUT2D eigenvalue weighted by molar-refractivity contribution is 5.90. The number of urea groups is 1. The van der Waals surface area contributed by atoms with Gasteiger partial charge in [0.05, 0.1) is 18.5 Å². The summed E-state index contributed by atoms with van der Waals surface area (Å²) < 4.78 is 10.5. The van der Waals surface area contributed by atoms with E-state index in [1.165, 1.54) is 0 Å². The van der Waals surface area contributed by atoms with E-state index in [1.807, 2.05) is 19.1 Å². The molecule has 1 aromatic heterocycles. The monoisotopic (exact) mass is 289 g/mol. The first kappa shape index (κ1) is 14.9. The van der Waals surface area contributed by atoms with E-state index < -0.39 is 0 Å². The Morgan fingerprint density at radius 3 is 2.76 bits per heavy atom. The van der Waals surface area contributed by atoms with Gasteiger partial charge in [-0.1, -0.05) is 12.1 Å². The van der Waals surface area contributed by atoms with E-state index in [2.05, 4.69) is 15.6 Å². The van der Waals surface area contributed by atoms with E-state index in [-0.39, 0.29) is 6.03 Å². The number of hydrogen-bond acceptors (Lipinski definition) is 4. The molecule has 6 heteroatoms. The van der Waals surface area contributed by atoms with Crippen molar-refractivity contribution in [1.82, 2.24) is 10.3 Å². The molecular weight excluding hydrogens is 270 g/mol. The van der Waals surface area contributed by atoms with Crippen LogP contribution < -0.4 is 15.4 Å². The highest BCUT2D eigenvalue weighted by Gasteiger charge is 2.08. The van der Waals surface area contributed by atoms with Gasteiger partial charge in [0, 0.05) is 19.9 Å². The Balaban J connectivity index is 1.84. The molecule has 0 atom stereocenters. The average molecular weight is 289 g/mol. The number of benzene rings is 1. The molecule has 2 aromatic rings. The van der Waals surface area contributed by atoms with Crippen LogP contribution in [0.4, 0.5) is 10.5 Å². The summed E-state index contributed by atoms with van der Waals surface area (Å²) in [4.78, 5) is 16.1. The molecule has 1 heterocycles. The number of oxazole rings is 1. The smallest absolute Gasteiger partial charge is 0.319 e. The van der Waals surface area contributed by atoms with Gasteiger partial charge in [-0.05, 0) is 19.1 Å². The van der Waals surface area contributed by atoms with Crippen LogP contribution in [0.1, 0.15) is 17.3 Å². The second-order valence-electron chi connectivity index (χ2n) is 4.57. The number of hydrogen-bond donors (Lipinski definition) is 2. The van der Waals surface area contributed by atoms with Gasteiger partial charge in [-0.15, -0.1) is 0 Å². The van der Waals surface area contributed by atoms with Gasteiger partial charge >= 0.3 is 6.03 Å². The Kier molecular flexibility index (Phi) is 4.81. The number of carbonyl (C=O) groups excluding carboxylic acids is 1. The highest BCUT2D eigenvalue weighted by Crippen LogP contribution is 2.22. The van der Waals surface area contributed by atoms with Crippen molar-refractivity contribution in [2.24, 2.45) is 0 Å². The van der Waals surface area contributed by atoms with Crippen LogP contribution >= 0.6 is 0 Å². The molecule has 0 fully saturated rings. The quantitative estimate of drug-likeness (QED) is 0.887.